The lowest BCUT2D eigenvalue weighted by Crippen LogP contribution is -2.36. The molecule has 7 nitrogen and oxygen atoms in total. The third-order valence-corrected chi connectivity index (χ3v) is 3.61. The van der Waals surface area contributed by atoms with Crippen LogP contribution in [0.25, 0.3) is 16.9 Å². The van der Waals surface area contributed by atoms with Gasteiger partial charge >= 0.3 is 12.2 Å². The van der Waals surface area contributed by atoms with Crippen LogP contribution in [-0.2, 0) is 0 Å². The summed E-state index contributed by atoms with van der Waals surface area (Å²) in [4.78, 5) is 15.9. The summed E-state index contributed by atoms with van der Waals surface area (Å²) in [6.45, 7) is -1.41. The van der Waals surface area contributed by atoms with Gasteiger partial charge in [-0.3, -0.25) is 4.40 Å². The summed E-state index contributed by atoms with van der Waals surface area (Å²) in [6.07, 6.45) is 0.163. The molecule has 0 radical (unpaired) electrons. The van der Waals surface area contributed by atoms with Gasteiger partial charge in [-0.05, 0) is 24.3 Å². The number of pyridine rings is 1. The second-order valence-corrected chi connectivity index (χ2v) is 5.58. The van der Waals surface area contributed by atoms with Gasteiger partial charge in [-0.25, -0.2) is 9.78 Å². The van der Waals surface area contributed by atoms with Gasteiger partial charge in [0.25, 0.3) is 0 Å². The molecule has 0 bridgehead atoms. The Bertz CT molecular complexity index is 998. The van der Waals surface area contributed by atoms with Crippen LogP contribution in [-0.4, -0.2) is 39.6 Å². The number of anilines is 1. The van der Waals surface area contributed by atoms with Crippen molar-refractivity contribution in [2.24, 2.45) is 5.16 Å². The second-order valence-electron chi connectivity index (χ2n) is 5.58. The van der Waals surface area contributed by atoms with Crippen molar-refractivity contribution in [3.63, 3.8) is 0 Å². The number of fused-ring (bicyclic) bond motifs is 1. The highest BCUT2D eigenvalue weighted by molar-refractivity contribution is 5.90. The van der Waals surface area contributed by atoms with Gasteiger partial charge < -0.3 is 15.8 Å². The third kappa shape index (κ3) is 4.54. The van der Waals surface area contributed by atoms with E-state index < -0.39 is 18.8 Å². The Kier molecular flexibility index (Phi) is 4.97. The van der Waals surface area contributed by atoms with Crippen molar-refractivity contribution in [3.8, 4) is 11.3 Å². The Hall–Kier alpha value is -3.56. The Balaban J connectivity index is 1.81. The number of aromatic nitrogens is 2. The Morgan fingerprint density at radius 2 is 2.11 bits per heavy atom. The molecule has 3 aromatic rings. The molecule has 0 aliphatic rings. The maximum Gasteiger partial charge on any atom is 0.405 e. The minimum absolute atomic E-state index is 0.339. The van der Waals surface area contributed by atoms with Crippen LogP contribution in [0.2, 0.25) is 0 Å². The highest BCUT2D eigenvalue weighted by Crippen LogP contribution is 2.24. The van der Waals surface area contributed by atoms with Gasteiger partial charge in [-0.1, -0.05) is 17.3 Å². The Morgan fingerprint density at radius 3 is 2.85 bits per heavy atom. The smallest absolute Gasteiger partial charge is 0.405 e. The second kappa shape index (κ2) is 7.36. The molecule has 0 unspecified atom stereocenters. The van der Waals surface area contributed by atoms with E-state index >= 15 is 0 Å². The first-order valence-electron chi connectivity index (χ1n) is 7.72. The predicted molar refractivity (Wildman–Crippen MR) is 93.1 cm³/mol. The van der Waals surface area contributed by atoms with Gasteiger partial charge in [0.15, 0.2) is 0 Å². The summed E-state index contributed by atoms with van der Waals surface area (Å²) in [5.41, 5.74) is 3.05. The first-order valence-corrected chi connectivity index (χ1v) is 7.72. The number of nitrogens with zero attached hydrogens (tertiary/aromatic N) is 3. The van der Waals surface area contributed by atoms with Crippen molar-refractivity contribution in [2.45, 2.75) is 6.18 Å². The van der Waals surface area contributed by atoms with Crippen LogP contribution in [0.4, 0.5) is 23.7 Å². The van der Waals surface area contributed by atoms with Gasteiger partial charge in [-0.2, -0.15) is 13.2 Å². The molecule has 0 fully saturated rings. The molecule has 0 saturated heterocycles. The predicted octanol–water partition coefficient (Wildman–Crippen LogP) is 3.49. The molecule has 27 heavy (non-hydrogen) atoms. The van der Waals surface area contributed by atoms with Crippen LogP contribution in [0, 0.1) is 0 Å². The largest absolute Gasteiger partial charge is 0.411 e. The van der Waals surface area contributed by atoms with E-state index in [1.807, 2.05) is 0 Å². The number of hydrogen-bond acceptors (Lipinski definition) is 4. The first kappa shape index (κ1) is 18.2. The summed E-state index contributed by atoms with van der Waals surface area (Å²) in [6, 6.07) is 9.14. The van der Waals surface area contributed by atoms with E-state index in [4.69, 9.17) is 5.21 Å². The van der Waals surface area contributed by atoms with Crippen LogP contribution in [0.1, 0.15) is 5.56 Å². The van der Waals surface area contributed by atoms with Gasteiger partial charge in [0.05, 0.1) is 18.1 Å². The van der Waals surface area contributed by atoms with E-state index in [0.29, 0.717) is 22.5 Å². The zero-order valence-electron chi connectivity index (χ0n) is 13.7. The molecule has 0 aliphatic carbocycles. The van der Waals surface area contributed by atoms with E-state index in [0.717, 1.165) is 5.69 Å². The lowest BCUT2D eigenvalue weighted by Gasteiger charge is -2.10. The summed E-state index contributed by atoms with van der Waals surface area (Å²) in [7, 11) is 0. The number of urea groups is 1. The Labute approximate surface area is 151 Å². The standard InChI is InChI=1S/C17H14F3N5O2/c18-17(19,20)10-22-16(26)24-13-3-1-2-12(7-13)14-9-21-15-6-11(8-23-27)4-5-25(14)15/h1-9,27H,10H2,(H2,22,24,26)/b23-8-. The van der Waals surface area contributed by atoms with Crippen molar-refractivity contribution in [1.82, 2.24) is 14.7 Å². The number of halogens is 3. The highest BCUT2D eigenvalue weighted by Gasteiger charge is 2.27. The van der Waals surface area contributed by atoms with E-state index in [2.05, 4.69) is 15.5 Å². The van der Waals surface area contributed by atoms with Gasteiger partial charge in [-0.15, -0.1) is 0 Å². The van der Waals surface area contributed by atoms with Crippen molar-refractivity contribution in [2.75, 3.05) is 11.9 Å². The number of alkyl halides is 3. The summed E-state index contributed by atoms with van der Waals surface area (Å²) in [5.74, 6) is 0. The maximum atomic E-state index is 12.2. The van der Waals surface area contributed by atoms with Crippen LogP contribution >= 0.6 is 0 Å². The maximum absolute atomic E-state index is 12.2. The molecular formula is C17H14F3N5O2. The van der Waals surface area contributed by atoms with Gasteiger partial charge in [0.1, 0.15) is 12.2 Å². The third-order valence-electron chi connectivity index (χ3n) is 3.61. The van der Waals surface area contributed by atoms with E-state index in [1.165, 1.54) is 6.21 Å². The molecule has 0 saturated carbocycles. The number of rotatable bonds is 4. The molecule has 0 aliphatic heterocycles. The lowest BCUT2D eigenvalue weighted by atomic mass is 10.1. The summed E-state index contributed by atoms with van der Waals surface area (Å²) in [5, 5.41) is 15.7. The first-order chi connectivity index (χ1) is 12.9. The number of carbonyl (C=O) groups excluding carboxylic acids is 1. The molecule has 140 valence electrons. The number of hydrogen-bond donors (Lipinski definition) is 3. The number of carbonyl (C=O) groups is 1. The van der Waals surface area contributed by atoms with Crippen molar-refractivity contribution in [1.29, 1.82) is 0 Å². The summed E-state index contributed by atoms with van der Waals surface area (Å²) >= 11 is 0. The number of benzene rings is 1. The van der Waals surface area contributed by atoms with Crippen molar-refractivity contribution < 1.29 is 23.2 Å². The fourth-order valence-electron chi connectivity index (χ4n) is 2.47. The molecule has 2 aromatic heterocycles. The van der Waals surface area contributed by atoms with Gasteiger partial charge in [0.2, 0.25) is 0 Å². The minimum Gasteiger partial charge on any atom is -0.411 e. The molecule has 0 atom stereocenters. The average Bonchev–Trinajstić information content (AvgIpc) is 3.03. The zero-order valence-corrected chi connectivity index (χ0v) is 13.7. The molecule has 2 heterocycles. The lowest BCUT2D eigenvalue weighted by molar-refractivity contribution is -0.122. The quantitative estimate of drug-likeness (QED) is 0.369. The van der Waals surface area contributed by atoms with Crippen LogP contribution in [0.5, 0.6) is 0 Å². The topological polar surface area (TPSA) is 91.0 Å². The van der Waals surface area contributed by atoms with Crippen LogP contribution < -0.4 is 10.6 Å². The van der Waals surface area contributed by atoms with Crippen LogP contribution in [0.3, 0.4) is 0 Å². The average molecular weight is 377 g/mol. The fourth-order valence-corrected chi connectivity index (χ4v) is 2.47. The van der Waals surface area contributed by atoms with Crippen molar-refractivity contribution >= 4 is 23.6 Å². The number of imidazole rings is 1. The van der Waals surface area contributed by atoms with E-state index in [-0.39, 0.29) is 0 Å². The molecule has 3 N–H and O–H groups in total. The van der Waals surface area contributed by atoms with Gasteiger partial charge in [0, 0.05) is 23.0 Å². The van der Waals surface area contributed by atoms with Crippen LogP contribution in [0.15, 0.2) is 53.9 Å². The number of amides is 2. The Morgan fingerprint density at radius 1 is 1.30 bits per heavy atom. The number of nitrogens with one attached hydrogen (secondary N) is 2. The molecule has 3 rings (SSSR count). The molecule has 2 amide bonds. The number of oxime groups is 1. The van der Waals surface area contributed by atoms with Crippen molar-refractivity contribution in [3.05, 3.63) is 54.4 Å². The fraction of sp³-hybridized carbons (Fsp3) is 0.118. The molecular weight excluding hydrogens is 363 g/mol. The molecule has 1 aromatic carbocycles. The molecule has 0 spiro atoms. The van der Waals surface area contributed by atoms with E-state index in [1.54, 1.807) is 58.5 Å². The normalized spacial score (nSPS) is 11.8. The zero-order chi connectivity index (χ0) is 19.4. The summed E-state index contributed by atoms with van der Waals surface area (Å²) < 4.78 is 38.3. The SMILES string of the molecule is O=C(NCC(F)(F)F)Nc1cccc(-c2cnc3cc(/C=N\O)ccn23)c1. The monoisotopic (exact) mass is 377 g/mol. The highest BCUT2D eigenvalue weighted by atomic mass is 19.4. The van der Waals surface area contributed by atoms with E-state index in [9.17, 15) is 18.0 Å². The minimum atomic E-state index is -4.48. The molecule has 10 heteroatoms.